The molecule has 0 aromatic heterocycles. The maximum Gasteiger partial charge on any atom is 0.249 e. The van der Waals surface area contributed by atoms with Crippen LogP contribution in [0.15, 0.2) is 15.7 Å². The number of nitrogens with zero attached hydrogens (tertiary/aromatic N) is 2. The summed E-state index contributed by atoms with van der Waals surface area (Å²) in [4.78, 5) is 26.0. The number of anilines is 1. The van der Waals surface area contributed by atoms with Crippen LogP contribution in [-0.4, -0.2) is 38.1 Å². The summed E-state index contributed by atoms with van der Waals surface area (Å²) >= 11 is 0. The zero-order valence-corrected chi connectivity index (χ0v) is 9.62. The van der Waals surface area contributed by atoms with Crippen LogP contribution in [0.5, 0.6) is 0 Å². The topological polar surface area (TPSA) is 40.6 Å². The van der Waals surface area contributed by atoms with Gasteiger partial charge in [0.1, 0.15) is 0 Å². The fourth-order valence-corrected chi connectivity index (χ4v) is 1.54. The van der Waals surface area contributed by atoms with Crippen molar-refractivity contribution in [3.8, 4) is 0 Å². The first-order valence-electron chi connectivity index (χ1n) is 5.34. The first-order valence-corrected chi connectivity index (χ1v) is 5.34. The van der Waals surface area contributed by atoms with Crippen molar-refractivity contribution >= 4 is 5.69 Å². The van der Waals surface area contributed by atoms with E-state index in [9.17, 15) is 9.59 Å². The van der Waals surface area contributed by atoms with Crippen molar-refractivity contribution < 1.29 is 0 Å². The predicted octanol–water partition coefficient (Wildman–Crippen LogP) is 0.0606. The standard InChI is InChI=1S/C11H18N2O2/c1-4-13(5-2)7-6-12(3)9-8-10(14)11(9)15/h8H,4-7H2,1-3H3. The van der Waals surface area contributed by atoms with E-state index in [2.05, 4.69) is 18.7 Å². The predicted molar refractivity (Wildman–Crippen MR) is 62.4 cm³/mol. The fourth-order valence-electron chi connectivity index (χ4n) is 1.54. The molecular formula is C11H18N2O2. The maximum atomic E-state index is 11.1. The van der Waals surface area contributed by atoms with Crippen LogP contribution >= 0.6 is 0 Å². The van der Waals surface area contributed by atoms with E-state index in [1.54, 1.807) is 0 Å². The average molecular weight is 210 g/mol. The fraction of sp³-hybridized carbons (Fsp3) is 0.636. The molecule has 4 heteroatoms. The second-order valence-corrected chi connectivity index (χ2v) is 3.67. The lowest BCUT2D eigenvalue weighted by molar-refractivity contribution is 0.311. The lowest BCUT2D eigenvalue weighted by Gasteiger charge is -2.24. The smallest absolute Gasteiger partial charge is 0.249 e. The highest BCUT2D eigenvalue weighted by atomic mass is 16.2. The van der Waals surface area contributed by atoms with Crippen LogP contribution in [0.1, 0.15) is 13.8 Å². The maximum absolute atomic E-state index is 11.1. The molecule has 0 fully saturated rings. The Bertz CT molecular complexity index is 376. The summed E-state index contributed by atoms with van der Waals surface area (Å²) in [6.45, 7) is 7.95. The Morgan fingerprint density at radius 2 is 1.73 bits per heavy atom. The molecule has 0 aliphatic carbocycles. The van der Waals surface area contributed by atoms with E-state index in [1.165, 1.54) is 6.07 Å². The molecule has 0 saturated heterocycles. The summed E-state index contributed by atoms with van der Waals surface area (Å²) in [5.41, 5.74) is -0.177. The van der Waals surface area contributed by atoms with E-state index < -0.39 is 0 Å². The molecule has 1 aromatic rings. The third-order valence-electron chi connectivity index (χ3n) is 2.78. The monoisotopic (exact) mass is 210 g/mol. The number of hydrogen-bond acceptors (Lipinski definition) is 4. The van der Waals surface area contributed by atoms with Gasteiger partial charge in [0, 0.05) is 26.2 Å². The SMILES string of the molecule is CCN(CC)CCN(C)c1cc(=O)c1=O. The Morgan fingerprint density at radius 3 is 2.13 bits per heavy atom. The Balaban J connectivity index is 2.44. The van der Waals surface area contributed by atoms with E-state index in [0.29, 0.717) is 5.69 Å². The van der Waals surface area contributed by atoms with Crippen LogP contribution in [0.3, 0.4) is 0 Å². The highest BCUT2D eigenvalue weighted by Crippen LogP contribution is 2.03. The van der Waals surface area contributed by atoms with Crippen molar-refractivity contribution in [2.75, 3.05) is 38.1 Å². The second-order valence-electron chi connectivity index (χ2n) is 3.67. The molecular weight excluding hydrogens is 192 g/mol. The minimum atomic E-state index is -0.375. The zero-order valence-electron chi connectivity index (χ0n) is 9.62. The van der Waals surface area contributed by atoms with Crippen molar-refractivity contribution in [3.63, 3.8) is 0 Å². The van der Waals surface area contributed by atoms with Gasteiger partial charge in [0.2, 0.25) is 10.9 Å². The van der Waals surface area contributed by atoms with E-state index in [1.807, 2.05) is 11.9 Å². The molecule has 0 N–H and O–H groups in total. The molecule has 0 aliphatic heterocycles. The van der Waals surface area contributed by atoms with Crippen molar-refractivity contribution in [1.82, 2.24) is 4.90 Å². The highest BCUT2D eigenvalue weighted by Gasteiger charge is 2.13. The van der Waals surface area contributed by atoms with Gasteiger partial charge in [-0.15, -0.1) is 0 Å². The summed E-state index contributed by atoms with van der Waals surface area (Å²) in [5, 5.41) is 0. The van der Waals surface area contributed by atoms with Crippen LogP contribution in [-0.2, 0) is 0 Å². The van der Waals surface area contributed by atoms with Crippen molar-refractivity contribution in [2.24, 2.45) is 0 Å². The van der Waals surface area contributed by atoms with Gasteiger partial charge in [-0.05, 0) is 13.1 Å². The largest absolute Gasteiger partial charge is 0.370 e. The van der Waals surface area contributed by atoms with Gasteiger partial charge < -0.3 is 9.80 Å². The molecule has 0 spiro atoms. The Morgan fingerprint density at radius 1 is 1.13 bits per heavy atom. The van der Waals surface area contributed by atoms with E-state index in [-0.39, 0.29) is 10.9 Å². The van der Waals surface area contributed by atoms with Gasteiger partial charge >= 0.3 is 0 Å². The minimum Gasteiger partial charge on any atom is -0.370 e. The first kappa shape index (κ1) is 11.9. The first-order chi connectivity index (χ1) is 7.10. The highest BCUT2D eigenvalue weighted by molar-refractivity contribution is 5.49. The van der Waals surface area contributed by atoms with E-state index >= 15 is 0 Å². The van der Waals surface area contributed by atoms with Crippen LogP contribution in [0.2, 0.25) is 0 Å². The van der Waals surface area contributed by atoms with Gasteiger partial charge in [0.05, 0.1) is 5.69 Å². The third kappa shape index (κ3) is 2.65. The van der Waals surface area contributed by atoms with Gasteiger partial charge in [-0.1, -0.05) is 13.8 Å². The lowest BCUT2D eigenvalue weighted by Crippen LogP contribution is -2.40. The molecule has 84 valence electrons. The molecule has 0 saturated carbocycles. The van der Waals surface area contributed by atoms with E-state index in [0.717, 1.165) is 26.2 Å². The van der Waals surface area contributed by atoms with Gasteiger partial charge in [-0.3, -0.25) is 9.59 Å². The van der Waals surface area contributed by atoms with Crippen molar-refractivity contribution in [3.05, 3.63) is 26.5 Å². The molecule has 1 rings (SSSR count). The number of rotatable bonds is 6. The molecule has 0 radical (unpaired) electrons. The van der Waals surface area contributed by atoms with Crippen LogP contribution in [0, 0.1) is 0 Å². The number of hydrogen-bond donors (Lipinski definition) is 0. The summed E-state index contributed by atoms with van der Waals surface area (Å²) in [7, 11) is 1.85. The average Bonchev–Trinajstić information content (AvgIpc) is 2.26. The van der Waals surface area contributed by atoms with E-state index in [4.69, 9.17) is 0 Å². The van der Waals surface area contributed by atoms with Crippen LogP contribution < -0.4 is 15.8 Å². The van der Waals surface area contributed by atoms with Gasteiger partial charge in [-0.2, -0.15) is 0 Å². The molecule has 0 amide bonds. The molecule has 0 aliphatic rings. The van der Waals surface area contributed by atoms with Crippen molar-refractivity contribution in [2.45, 2.75) is 13.8 Å². The normalized spacial score (nSPS) is 11.2. The molecule has 0 bridgehead atoms. The zero-order chi connectivity index (χ0) is 11.4. The van der Waals surface area contributed by atoms with Crippen molar-refractivity contribution in [1.29, 1.82) is 0 Å². The second kappa shape index (κ2) is 5.07. The molecule has 0 unspecified atom stereocenters. The van der Waals surface area contributed by atoms with Crippen LogP contribution in [0.4, 0.5) is 5.69 Å². The molecule has 0 atom stereocenters. The Labute approximate surface area is 89.8 Å². The summed E-state index contributed by atoms with van der Waals surface area (Å²) in [6.07, 6.45) is 0. The third-order valence-corrected chi connectivity index (χ3v) is 2.78. The Kier molecular flexibility index (Phi) is 4.03. The molecule has 15 heavy (non-hydrogen) atoms. The number of likely N-dealkylation sites (N-methyl/N-ethyl adjacent to an activating group) is 2. The van der Waals surface area contributed by atoms with Crippen LogP contribution in [0.25, 0.3) is 0 Å². The minimum absolute atomic E-state index is 0.350. The lowest BCUT2D eigenvalue weighted by atomic mass is 10.2. The molecule has 0 heterocycles. The van der Waals surface area contributed by atoms with Gasteiger partial charge in [0.25, 0.3) is 0 Å². The van der Waals surface area contributed by atoms with Gasteiger partial charge in [0.15, 0.2) is 0 Å². The van der Waals surface area contributed by atoms with Gasteiger partial charge in [-0.25, -0.2) is 0 Å². The summed E-state index contributed by atoms with van der Waals surface area (Å²) < 4.78 is 0. The summed E-state index contributed by atoms with van der Waals surface area (Å²) in [6, 6.07) is 1.41. The molecule has 4 nitrogen and oxygen atoms in total. The Hall–Kier alpha value is -1.16. The molecule has 1 aromatic carbocycles. The quantitative estimate of drug-likeness (QED) is 0.623. The summed E-state index contributed by atoms with van der Waals surface area (Å²) in [5.74, 6) is 0.